The van der Waals surface area contributed by atoms with Crippen LogP contribution in [-0.2, 0) is 9.53 Å². The summed E-state index contributed by atoms with van der Waals surface area (Å²) in [6, 6.07) is 9.76. The molecule has 28 heavy (non-hydrogen) atoms. The minimum absolute atomic E-state index is 0.0800. The normalized spacial score (nSPS) is 14.3. The summed E-state index contributed by atoms with van der Waals surface area (Å²) in [6.45, 7) is 2.09. The molecular formula is C21H19F2NO4. The topological polar surface area (TPSA) is 55.8 Å². The van der Waals surface area contributed by atoms with E-state index in [0.717, 1.165) is 12.1 Å². The number of halogens is 2. The molecule has 0 bridgehead atoms. The van der Waals surface area contributed by atoms with Crippen molar-refractivity contribution in [3.63, 3.8) is 0 Å². The van der Waals surface area contributed by atoms with Gasteiger partial charge in [0.2, 0.25) is 0 Å². The van der Waals surface area contributed by atoms with Crippen molar-refractivity contribution in [1.29, 1.82) is 0 Å². The molecule has 1 amide bonds. The van der Waals surface area contributed by atoms with Crippen molar-refractivity contribution in [3.8, 4) is 5.75 Å². The van der Waals surface area contributed by atoms with Gasteiger partial charge in [0.1, 0.15) is 5.75 Å². The van der Waals surface area contributed by atoms with Gasteiger partial charge in [0.15, 0.2) is 24.0 Å². The fourth-order valence-electron chi connectivity index (χ4n) is 2.65. The van der Waals surface area contributed by atoms with Crippen molar-refractivity contribution >= 4 is 17.8 Å². The Bertz CT molecular complexity index is 874. The van der Waals surface area contributed by atoms with Crippen LogP contribution in [0.15, 0.2) is 48.5 Å². The van der Waals surface area contributed by atoms with Gasteiger partial charge in [-0.2, -0.15) is 0 Å². The lowest BCUT2D eigenvalue weighted by Gasteiger charge is -2.26. The third kappa shape index (κ3) is 5.23. The number of carbonyl (C=O) groups excluding carboxylic acids is 2. The fraction of sp³-hybridized carbons (Fsp3) is 0.238. The molecule has 0 N–H and O–H groups in total. The highest BCUT2D eigenvalue weighted by molar-refractivity contribution is 6.06. The predicted molar refractivity (Wildman–Crippen MR) is 99.1 cm³/mol. The monoisotopic (exact) mass is 387 g/mol. The number of ether oxygens (including phenoxy) is 2. The number of hydrogen-bond acceptors (Lipinski definition) is 4. The van der Waals surface area contributed by atoms with Crippen LogP contribution in [0.1, 0.15) is 15.9 Å². The molecule has 0 aromatic heterocycles. The van der Waals surface area contributed by atoms with Crippen LogP contribution in [0.3, 0.4) is 0 Å². The molecule has 3 rings (SSSR count). The summed E-state index contributed by atoms with van der Waals surface area (Å²) < 4.78 is 36.8. The van der Waals surface area contributed by atoms with E-state index in [1.807, 2.05) is 0 Å². The molecule has 5 nitrogen and oxygen atoms in total. The summed E-state index contributed by atoms with van der Waals surface area (Å²) in [5.74, 6) is -1.84. The third-order valence-corrected chi connectivity index (χ3v) is 4.24. The molecule has 0 spiro atoms. The Labute approximate surface area is 161 Å². The van der Waals surface area contributed by atoms with E-state index in [2.05, 4.69) is 0 Å². The number of carbonyl (C=O) groups is 2. The first-order valence-electron chi connectivity index (χ1n) is 8.79. The molecule has 1 aliphatic heterocycles. The Hall–Kier alpha value is -3.06. The van der Waals surface area contributed by atoms with Gasteiger partial charge in [-0.25, -0.2) is 8.78 Å². The van der Waals surface area contributed by atoms with Crippen molar-refractivity contribution in [1.82, 2.24) is 4.90 Å². The van der Waals surface area contributed by atoms with Crippen LogP contribution in [0, 0.1) is 11.6 Å². The number of nitrogens with zero attached hydrogens (tertiary/aromatic N) is 1. The van der Waals surface area contributed by atoms with Crippen LogP contribution < -0.4 is 4.74 Å². The Kier molecular flexibility index (Phi) is 6.49. The smallest absolute Gasteiger partial charge is 0.260 e. The van der Waals surface area contributed by atoms with Crippen molar-refractivity contribution < 1.29 is 27.8 Å². The molecule has 2 aromatic carbocycles. The maximum atomic E-state index is 13.2. The number of hydrogen-bond donors (Lipinski definition) is 0. The largest absolute Gasteiger partial charge is 0.484 e. The Morgan fingerprint density at radius 2 is 1.75 bits per heavy atom. The molecule has 146 valence electrons. The lowest BCUT2D eigenvalue weighted by Crippen LogP contribution is -2.42. The van der Waals surface area contributed by atoms with Gasteiger partial charge < -0.3 is 14.4 Å². The Balaban J connectivity index is 1.54. The van der Waals surface area contributed by atoms with Gasteiger partial charge in [0, 0.05) is 18.7 Å². The van der Waals surface area contributed by atoms with Crippen molar-refractivity contribution in [2.24, 2.45) is 0 Å². The predicted octanol–water partition coefficient (Wildman–Crippen LogP) is 3.10. The number of benzene rings is 2. The minimum atomic E-state index is -0.970. The second kappa shape index (κ2) is 9.23. The summed E-state index contributed by atoms with van der Waals surface area (Å²) in [6.07, 6.45) is 2.70. The number of allylic oxidation sites excluding steroid dienone is 1. The van der Waals surface area contributed by atoms with Gasteiger partial charge >= 0.3 is 0 Å². The average molecular weight is 387 g/mol. The molecule has 0 saturated carbocycles. The van der Waals surface area contributed by atoms with Crippen LogP contribution in [0.2, 0.25) is 0 Å². The first-order chi connectivity index (χ1) is 13.5. The van der Waals surface area contributed by atoms with E-state index in [0.29, 0.717) is 43.2 Å². The molecule has 1 aliphatic rings. The zero-order valence-corrected chi connectivity index (χ0v) is 15.1. The van der Waals surface area contributed by atoms with E-state index >= 15 is 0 Å². The summed E-state index contributed by atoms with van der Waals surface area (Å²) in [5.41, 5.74) is 0.791. The SMILES string of the molecule is O=C(C=Cc1ccc(F)c(F)c1)c1ccc(OCC(=O)N2CCOCC2)cc1. The van der Waals surface area contributed by atoms with Gasteiger partial charge in [0.25, 0.3) is 5.91 Å². The van der Waals surface area contributed by atoms with Gasteiger partial charge in [-0.3, -0.25) is 9.59 Å². The molecule has 1 saturated heterocycles. The molecule has 0 aliphatic carbocycles. The third-order valence-electron chi connectivity index (χ3n) is 4.24. The molecule has 0 radical (unpaired) electrons. The molecule has 0 unspecified atom stereocenters. The summed E-state index contributed by atoms with van der Waals surface area (Å²) in [7, 11) is 0. The first kappa shape index (κ1) is 19.7. The second-order valence-electron chi connectivity index (χ2n) is 6.18. The molecule has 0 atom stereocenters. The molecular weight excluding hydrogens is 368 g/mol. The summed E-state index contributed by atoms with van der Waals surface area (Å²) >= 11 is 0. The molecule has 2 aromatic rings. The van der Waals surface area contributed by atoms with E-state index in [9.17, 15) is 18.4 Å². The maximum Gasteiger partial charge on any atom is 0.260 e. The van der Waals surface area contributed by atoms with Gasteiger partial charge in [-0.05, 0) is 48.0 Å². The van der Waals surface area contributed by atoms with Gasteiger partial charge in [0.05, 0.1) is 13.2 Å². The highest BCUT2D eigenvalue weighted by Gasteiger charge is 2.17. The average Bonchev–Trinajstić information content (AvgIpc) is 2.73. The number of amides is 1. The number of rotatable bonds is 6. The number of morpholine rings is 1. The van der Waals surface area contributed by atoms with Crippen LogP contribution in [0.5, 0.6) is 5.75 Å². The van der Waals surface area contributed by atoms with Crippen LogP contribution >= 0.6 is 0 Å². The highest BCUT2D eigenvalue weighted by atomic mass is 19.2. The second-order valence-corrected chi connectivity index (χ2v) is 6.18. The van der Waals surface area contributed by atoms with E-state index in [1.165, 1.54) is 18.2 Å². The highest BCUT2D eigenvalue weighted by Crippen LogP contribution is 2.15. The van der Waals surface area contributed by atoms with E-state index < -0.39 is 11.6 Å². The van der Waals surface area contributed by atoms with Crippen molar-refractivity contribution in [3.05, 3.63) is 71.3 Å². The Morgan fingerprint density at radius 3 is 2.43 bits per heavy atom. The van der Waals surface area contributed by atoms with Gasteiger partial charge in [-0.15, -0.1) is 0 Å². The zero-order chi connectivity index (χ0) is 19.9. The lowest BCUT2D eigenvalue weighted by atomic mass is 10.1. The van der Waals surface area contributed by atoms with E-state index in [-0.39, 0.29) is 18.3 Å². The standard InChI is InChI=1S/C21H19F2NO4/c22-18-7-1-15(13-19(18)23)2-8-20(25)16-3-5-17(6-4-16)28-14-21(26)24-9-11-27-12-10-24/h1-8,13H,9-12,14H2. The Morgan fingerprint density at radius 1 is 1.04 bits per heavy atom. The fourth-order valence-corrected chi connectivity index (χ4v) is 2.65. The summed E-state index contributed by atoms with van der Waals surface area (Å²) in [5, 5.41) is 0. The summed E-state index contributed by atoms with van der Waals surface area (Å²) in [4.78, 5) is 25.9. The minimum Gasteiger partial charge on any atom is -0.484 e. The zero-order valence-electron chi connectivity index (χ0n) is 15.1. The first-order valence-corrected chi connectivity index (χ1v) is 8.79. The molecule has 7 heteroatoms. The molecule has 1 heterocycles. The van der Waals surface area contributed by atoms with E-state index in [1.54, 1.807) is 29.2 Å². The molecule has 1 fully saturated rings. The lowest BCUT2D eigenvalue weighted by molar-refractivity contribution is -0.137. The van der Waals surface area contributed by atoms with Crippen LogP contribution in [0.4, 0.5) is 8.78 Å². The maximum absolute atomic E-state index is 13.2. The quantitative estimate of drug-likeness (QED) is 0.565. The van der Waals surface area contributed by atoms with Crippen molar-refractivity contribution in [2.75, 3.05) is 32.9 Å². The van der Waals surface area contributed by atoms with Crippen LogP contribution in [0.25, 0.3) is 6.08 Å². The van der Waals surface area contributed by atoms with Gasteiger partial charge in [-0.1, -0.05) is 12.1 Å². The number of ketones is 1. The van der Waals surface area contributed by atoms with E-state index in [4.69, 9.17) is 9.47 Å². The van der Waals surface area contributed by atoms with Crippen molar-refractivity contribution in [2.45, 2.75) is 0 Å². The van der Waals surface area contributed by atoms with Crippen LogP contribution in [-0.4, -0.2) is 49.5 Å².